The van der Waals surface area contributed by atoms with E-state index in [1.807, 2.05) is 23.1 Å². The van der Waals surface area contributed by atoms with Gasteiger partial charge in [-0.2, -0.15) is 0 Å². The first kappa shape index (κ1) is 18.0. The monoisotopic (exact) mass is 369 g/mol. The van der Waals surface area contributed by atoms with E-state index in [1.165, 1.54) is 18.9 Å². The highest BCUT2D eigenvalue weighted by Crippen LogP contribution is 2.43. The highest BCUT2D eigenvalue weighted by atomic mass is 16.5. The van der Waals surface area contributed by atoms with Crippen LogP contribution in [0.3, 0.4) is 0 Å². The molecule has 1 spiro atoms. The molecule has 144 valence electrons. The lowest BCUT2D eigenvalue weighted by Gasteiger charge is -2.54. The molecule has 6 heteroatoms. The van der Waals surface area contributed by atoms with Crippen LogP contribution in [0.4, 0.5) is 5.69 Å². The Balaban J connectivity index is 1.51. The van der Waals surface area contributed by atoms with Gasteiger partial charge in [-0.15, -0.1) is 0 Å². The van der Waals surface area contributed by atoms with E-state index in [2.05, 4.69) is 11.0 Å². The molecule has 0 aromatic heterocycles. The first-order valence-corrected chi connectivity index (χ1v) is 9.91. The molecule has 1 aromatic rings. The van der Waals surface area contributed by atoms with Crippen LogP contribution < -0.4 is 10.4 Å². The van der Waals surface area contributed by atoms with E-state index >= 15 is 0 Å². The Kier molecular flexibility index (Phi) is 4.91. The molecule has 27 heavy (non-hydrogen) atoms. The van der Waals surface area contributed by atoms with E-state index in [0.717, 1.165) is 56.6 Å². The fraction of sp³-hybridized carbons (Fsp3) is 0.524. The average Bonchev–Trinajstić information content (AvgIpc) is 3.34. The Hall–Kier alpha value is -2.34. The Morgan fingerprint density at radius 1 is 1.15 bits per heavy atom. The molecule has 1 saturated carbocycles. The molecular weight excluding hydrogens is 342 g/mol. The van der Waals surface area contributed by atoms with Gasteiger partial charge in [-0.3, -0.25) is 14.8 Å². The highest BCUT2D eigenvalue weighted by molar-refractivity contribution is 5.92. The van der Waals surface area contributed by atoms with Gasteiger partial charge in [0.1, 0.15) is 0 Å². The number of nitrogens with one attached hydrogen (secondary N) is 1. The van der Waals surface area contributed by atoms with Gasteiger partial charge in [-0.1, -0.05) is 31.0 Å². The summed E-state index contributed by atoms with van der Waals surface area (Å²) in [6.07, 6.45) is 9.73. The van der Waals surface area contributed by atoms with E-state index in [4.69, 9.17) is 5.21 Å². The second-order valence-electron chi connectivity index (χ2n) is 8.02. The standard InChI is InChI=1S/C21H27N3O3/c25-19(22-27)11-10-16-6-3-4-9-18(16)24-13-5-12-21(24)14-23(15-21)20(26)17-7-1-2-8-17/h3-4,6,9-11,17,27H,1-2,5,7-8,12-15H2,(H,22,25)/b11-10+. The number of rotatable bonds is 4. The molecular formula is C21H27N3O3. The molecule has 2 N–H and O–H groups in total. The number of anilines is 1. The van der Waals surface area contributed by atoms with Gasteiger partial charge in [0.2, 0.25) is 5.91 Å². The summed E-state index contributed by atoms with van der Waals surface area (Å²) in [4.78, 5) is 28.5. The van der Waals surface area contributed by atoms with Crippen molar-refractivity contribution in [3.63, 3.8) is 0 Å². The van der Waals surface area contributed by atoms with Crippen LogP contribution in [0, 0.1) is 5.92 Å². The van der Waals surface area contributed by atoms with Crippen molar-refractivity contribution in [2.75, 3.05) is 24.5 Å². The van der Waals surface area contributed by atoms with Gasteiger partial charge in [-0.05, 0) is 43.4 Å². The van der Waals surface area contributed by atoms with Crippen LogP contribution in [0.25, 0.3) is 6.08 Å². The van der Waals surface area contributed by atoms with Crippen molar-refractivity contribution in [2.45, 2.75) is 44.1 Å². The molecule has 3 aliphatic rings. The number of hydrogen-bond donors (Lipinski definition) is 2. The summed E-state index contributed by atoms with van der Waals surface area (Å²) in [5.41, 5.74) is 3.68. The van der Waals surface area contributed by atoms with Gasteiger partial charge >= 0.3 is 0 Å². The molecule has 4 rings (SSSR count). The number of hydrogen-bond acceptors (Lipinski definition) is 4. The van der Waals surface area contributed by atoms with Gasteiger partial charge in [0, 0.05) is 37.3 Å². The van der Waals surface area contributed by atoms with Crippen LogP contribution in [0.2, 0.25) is 0 Å². The summed E-state index contributed by atoms with van der Waals surface area (Å²) in [6.45, 7) is 2.57. The van der Waals surface area contributed by atoms with Gasteiger partial charge in [0.05, 0.1) is 5.54 Å². The smallest absolute Gasteiger partial charge is 0.267 e. The predicted octanol–water partition coefficient (Wildman–Crippen LogP) is 2.58. The highest BCUT2D eigenvalue weighted by Gasteiger charge is 2.52. The minimum Gasteiger partial charge on any atom is -0.362 e. The second kappa shape index (κ2) is 7.35. The molecule has 0 unspecified atom stereocenters. The van der Waals surface area contributed by atoms with Crippen LogP contribution >= 0.6 is 0 Å². The maximum Gasteiger partial charge on any atom is 0.267 e. The van der Waals surface area contributed by atoms with Crippen molar-refractivity contribution in [3.8, 4) is 0 Å². The van der Waals surface area contributed by atoms with Crippen LogP contribution in [-0.4, -0.2) is 47.1 Å². The molecule has 2 aliphatic heterocycles. The topological polar surface area (TPSA) is 72.9 Å². The lowest BCUT2D eigenvalue weighted by Crippen LogP contribution is -2.70. The Morgan fingerprint density at radius 2 is 1.89 bits per heavy atom. The van der Waals surface area contributed by atoms with Crippen LogP contribution in [0.1, 0.15) is 44.1 Å². The van der Waals surface area contributed by atoms with Gasteiger partial charge in [0.15, 0.2) is 0 Å². The molecule has 2 saturated heterocycles. The average molecular weight is 369 g/mol. The molecule has 2 heterocycles. The summed E-state index contributed by atoms with van der Waals surface area (Å²) in [5, 5.41) is 8.70. The van der Waals surface area contributed by atoms with Crippen molar-refractivity contribution in [3.05, 3.63) is 35.9 Å². The molecule has 0 atom stereocenters. The van der Waals surface area contributed by atoms with Crippen molar-refractivity contribution in [1.29, 1.82) is 0 Å². The van der Waals surface area contributed by atoms with Crippen molar-refractivity contribution in [1.82, 2.24) is 10.4 Å². The number of amides is 2. The Labute approximate surface area is 159 Å². The number of para-hydroxylation sites is 1. The first-order valence-electron chi connectivity index (χ1n) is 9.91. The third kappa shape index (κ3) is 3.34. The first-order chi connectivity index (χ1) is 13.1. The lowest BCUT2D eigenvalue weighted by molar-refractivity contribution is -0.142. The molecule has 6 nitrogen and oxygen atoms in total. The summed E-state index contributed by atoms with van der Waals surface area (Å²) in [7, 11) is 0. The molecule has 2 amide bonds. The fourth-order valence-electron chi connectivity index (χ4n) is 4.97. The van der Waals surface area contributed by atoms with E-state index in [-0.39, 0.29) is 11.5 Å². The van der Waals surface area contributed by atoms with Crippen LogP contribution in [-0.2, 0) is 9.59 Å². The van der Waals surface area contributed by atoms with Crippen LogP contribution in [0.15, 0.2) is 30.3 Å². The van der Waals surface area contributed by atoms with E-state index in [1.54, 1.807) is 11.6 Å². The molecule has 1 aromatic carbocycles. The van der Waals surface area contributed by atoms with E-state index in [9.17, 15) is 9.59 Å². The third-order valence-electron chi connectivity index (χ3n) is 6.33. The van der Waals surface area contributed by atoms with Crippen molar-refractivity contribution >= 4 is 23.6 Å². The summed E-state index contributed by atoms with van der Waals surface area (Å²) in [5.74, 6) is 0.0418. The second-order valence-corrected chi connectivity index (χ2v) is 8.02. The van der Waals surface area contributed by atoms with E-state index in [0.29, 0.717) is 5.91 Å². The zero-order valence-electron chi connectivity index (χ0n) is 15.6. The fourth-order valence-corrected chi connectivity index (χ4v) is 4.97. The number of hydroxylamine groups is 1. The van der Waals surface area contributed by atoms with Gasteiger partial charge in [-0.25, -0.2) is 5.48 Å². The zero-order valence-corrected chi connectivity index (χ0v) is 15.6. The minimum atomic E-state index is -0.544. The van der Waals surface area contributed by atoms with Crippen molar-refractivity contribution < 1.29 is 14.8 Å². The Morgan fingerprint density at radius 3 is 2.63 bits per heavy atom. The number of carbonyl (C=O) groups excluding carboxylic acids is 2. The quantitative estimate of drug-likeness (QED) is 0.486. The number of benzene rings is 1. The summed E-state index contributed by atoms with van der Waals surface area (Å²) in [6, 6.07) is 8.00. The lowest BCUT2D eigenvalue weighted by atomic mass is 9.85. The Bertz CT molecular complexity index is 749. The van der Waals surface area contributed by atoms with Crippen molar-refractivity contribution in [2.24, 2.45) is 5.92 Å². The minimum absolute atomic E-state index is 0.0252. The number of likely N-dealkylation sites (tertiary alicyclic amines) is 1. The van der Waals surface area contributed by atoms with Gasteiger partial charge < -0.3 is 9.80 Å². The largest absolute Gasteiger partial charge is 0.362 e. The molecule has 0 radical (unpaired) electrons. The molecule has 0 bridgehead atoms. The zero-order chi connectivity index (χ0) is 18.9. The predicted molar refractivity (Wildman–Crippen MR) is 103 cm³/mol. The maximum absolute atomic E-state index is 12.7. The maximum atomic E-state index is 12.7. The summed E-state index contributed by atoms with van der Waals surface area (Å²) < 4.78 is 0. The number of carbonyl (C=O) groups is 2. The molecule has 3 fully saturated rings. The van der Waals surface area contributed by atoms with Gasteiger partial charge in [0.25, 0.3) is 5.91 Å². The normalized spacial score (nSPS) is 21.8. The van der Waals surface area contributed by atoms with E-state index < -0.39 is 5.91 Å². The van der Waals surface area contributed by atoms with Crippen LogP contribution in [0.5, 0.6) is 0 Å². The SMILES string of the molecule is O=C(/C=C/c1ccccc1N1CCCC12CN(C(=O)C1CCCC1)C2)NO. The summed E-state index contributed by atoms with van der Waals surface area (Å²) >= 11 is 0. The molecule has 1 aliphatic carbocycles. The number of nitrogens with zero attached hydrogens (tertiary/aromatic N) is 2. The third-order valence-corrected chi connectivity index (χ3v) is 6.33.